The summed E-state index contributed by atoms with van der Waals surface area (Å²) in [5.41, 5.74) is 7.78. The van der Waals surface area contributed by atoms with Gasteiger partial charge in [0.15, 0.2) is 0 Å². The third-order valence-electron chi connectivity index (χ3n) is 2.38. The van der Waals surface area contributed by atoms with Crippen LogP contribution in [0.2, 0.25) is 0 Å². The highest BCUT2D eigenvalue weighted by atomic mass is 32.1. The van der Waals surface area contributed by atoms with Crippen LogP contribution in [0, 0.1) is 11.3 Å². The van der Waals surface area contributed by atoms with E-state index < -0.39 is 0 Å². The molecule has 17 heavy (non-hydrogen) atoms. The van der Waals surface area contributed by atoms with Gasteiger partial charge in [0.05, 0.1) is 0 Å². The van der Waals surface area contributed by atoms with Crippen LogP contribution >= 0.6 is 12.2 Å². The van der Waals surface area contributed by atoms with Crippen molar-refractivity contribution in [3.8, 4) is 6.07 Å². The monoisotopic (exact) mass is 245 g/mol. The van der Waals surface area contributed by atoms with Crippen molar-refractivity contribution < 1.29 is 0 Å². The van der Waals surface area contributed by atoms with Crippen LogP contribution in [0.25, 0.3) is 0 Å². The quantitative estimate of drug-likeness (QED) is 0.472. The van der Waals surface area contributed by atoms with Crippen LogP contribution in [0.5, 0.6) is 0 Å². The summed E-state index contributed by atoms with van der Waals surface area (Å²) in [7, 11) is 0. The van der Waals surface area contributed by atoms with Crippen LogP contribution in [0.3, 0.4) is 0 Å². The highest BCUT2D eigenvalue weighted by Crippen LogP contribution is 2.02. The third kappa shape index (κ3) is 4.25. The number of rotatable bonds is 5. The van der Waals surface area contributed by atoms with E-state index in [4.69, 9.17) is 23.2 Å². The fourth-order valence-electron chi connectivity index (χ4n) is 1.45. The van der Waals surface area contributed by atoms with Gasteiger partial charge in [-0.2, -0.15) is 5.26 Å². The van der Waals surface area contributed by atoms with Crippen molar-refractivity contribution >= 4 is 17.2 Å². The van der Waals surface area contributed by atoms with Crippen molar-refractivity contribution in [1.29, 1.82) is 5.26 Å². The topological polar surface area (TPSA) is 61.8 Å². The molecule has 3 nitrogen and oxygen atoms in total. The van der Waals surface area contributed by atoms with Crippen LogP contribution in [-0.4, -0.2) is 11.5 Å². The minimum atomic E-state index is 0.136. The van der Waals surface area contributed by atoms with Gasteiger partial charge in [-0.05, 0) is 18.9 Å². The SMILES string of the molecule is CC(NCCc1ccccc1)=C(C#N)C(N)=S. The first-order valence-corrected chi connectivity index (χ1v) is 5.74. The molecule has 0 fully saturated rings. The van der Waals surface area contributed by atoms with E-state index in [-0.39, 0.29) is 4.99 Å². The lowest BCUT2D eigenvalue weighted by atomic mass is 10.1. The van der Waals surface area contributed by atoms with Crippen molar-refractivity contribution in [3.05, 3.63) is 47.2 Å². The number of nitrogens with zero attached hydrogens (tertiary/aromatic N) is 1. The van der Waals surface area contributed by atoms with Gasteiger partial charge in [0.25, 0.3) is 0 Å². The molecule has 0 saturated carbocycles. The van der Waals surface area contributed by atoms with Gasteiger partial charge in [0, 0.05) is 12.2 Å². The number of nitrogens with one attached hydrogen (secondary N) is 1. The number of nitriles is 1. The Kier molecular flexibility index (Phi) is 5.18. The van der Waals surface area contributed by atoms with Gasteiger partial charge in [-0.25, -0.2) is 0 Å². The zero-order chi connectivity index (χ0) is 12.7. The Balaban J connectivity index is 2.52. The molecule has 1 aromatic rings. The molecule has 0 saturated heterocycles. The summed E-state index contributed by atoms with van der Waals surface area (Å²) in [4.78, 5) is 0.136. The van der Waals surface area contributed by atoms with Gasteiger partial charge in [-0.3, -0.25) is 0 Å². The fraction of sp³-hybridized carbons (Fsp3) is 0.231. The first-order chi connectivity index (χ1) is 8.15. The van der Waals surface area contributed by atoms with Gasteiger partial charge in [0.2, 0.25) is 0 Å². The lowest BCUT2D eigenvalue weighted by Gasteiger charge is -2.08. The third-order valence-corrected chi connectivity index (χ3v) is 2.58. The molecule has 0 bridgehead atoms. The van der Waals surface area contributed by atoms with Crippen LogP contribution in [0.4, 0.5) is 0 Å². The Labute approximate surface area is 107 Å². The minimum Gasteiger partial charge on any atom is -0.389 e. The van der Waals surface area contributed by atoms with Crippen LogP contribution in [0.15, 0.2) is 41.6 Å². The van der Waals surface area contributed by atoms with Crippen LogP contribution < -0.4 is 11.1 Å². The molecule has 0 unspecified atom stereocenters. The normalized spacial score (nSPS) is 11.3. The number of thiocarbonyl (C=S) groups is 1. The molecule has 0 radical (unpaired) electrons. The number of nitrogens with two attached hydrogens (primary N) is 1. The van der Waals surface area contributed by atoms with Crippen molar-refractivity contribution in [2.24, 2.45) is 5.73 Å². The van der Waals surface area contributed by atoms with Crippen molar-refractivity contribution in [3.63, 3.8) is 0 Å². The standard InChI is InChI=1S/C13H15N3S/c1-10(12(9-14)13(15)17)16-8-7-11-5-3-2-4-6-11/h2-6,16H,7-8H2,1H3,(H2,15,17). The number of allylic oxidation sites excluding steroid dienone is 1. The van der Waals surface area contributed by atoms with E-state index in [0.29, 0.717) is 5.57 Å². The summed E-state index contributed by atoms with van der Waals surface area (Å²) in [5, 5.41) is 12.0. The Morgan fingerprint density at radius 3 is 2.59 bits per heavy atom. The summed E-state index contributed by atoms with van der Waals surface area (Å²) < 4.78 is 0. The molecule has 0 heterocycles. The van der Waals surface area contributed by atoms with Crippen molar-refractivity contribution in [2.45, 2.75) is 13.3 Å². The first-order valence-electron chi connectivity index (χ1n) is 5.33. The molecule has 0 aliphatic rings. The second kappa shape index (κ2) is 6.66. The molecule has 4 heteroatoms. The molecule has 0 aromatic heterocycles. The highest BCUT2D eigenvalue weighted by molar-refractivity contribution is 7.80. The Bertz CT molecular complexity index is 457. The summed E-state index contributed by atoms with van der Waals surface area (Å²) >= 11 is 4.79. The summed E-state index contributed by atoms with van der Waals surface area (Å²) in [5.74, 6) is 0. The second-order valence-corrected chi connectivity index (χ2v) is 4.08. The lowest BCUT2D eigenvalue weighted by Crippen LogP contribution is -2.21. The van der Waals surface area contributed by atoms with E-state index in [2.05, 4.69) is 17.4 Å². The number of hydrogen-bond donors (Lipinski definition) is 2. The molecule has 0 spiro atoms. The van der Waals surface area contributed by atoms with E-state index in [1.54, 1.807) is 0 Å². The first kappa shape index (κ1) is 13.2. The van der Waals surface area contributed by atoms with E-state index in [9.17, 15) is 0 Å². The Morgan fingerprint density at radius 2 is 2.06 bits per heavy atom. The maximum absolute atomic E-state index is 8.87. The second-order valence-electron chi connectivity index (χ2n) is 3.64. The van der Waals surface area contributed by atoms with Gasteiger partial charge >= 0.3 is 0 Å². The lowest BCUT2D eigenvalue weighted by molar-refractivity contribution is 0.786. The molecule has 0 aliphatic heterocycles. The zero-order valence-electron chi connectivity index (χ0n) is 9.73. The van der Waals surface area contributed by atoms with E-state index in [0.717, 1.165) is 18.7 Å². The van der Waals surface area contributed by atoms with E-state index in [1.807, 2.05) is 31.2 Å². The highest BCUT2D eigenvalue weighted by Gasteiger charge is 2.04. The van der Waals surface area contributed by atoms with Gasteiger partial charge in [-0.1, -0.05) is 42.5 Å². The van der Waals surface area contributed by atoms with Crippen molar-refractivity contribution in [1.82, 2.24) is 5.32 Å². The van der Waals surface area contributed by atoms with Gasteiger partial charge in [-0.15, -0.1) is 0 Å². The van der Waals surface area contributed by atoms with E-state index in [1.165, 1.54) is 5.56 Å². The van der Waals surface area contributed by atoms with Gasteiger partial charge in [0.1, 0.15) is 16.6 Å². The molecule has 0 amide bonds. The maximum atomic E-state index is 8.87. The molecular formula is C13H15N3S. The summed E-state index contributed by atoms with van der Waals surface area (Å²) in [6, 6.07) is 12.1. The molecule has 0 atom stereocenters. The number of hydrogen-bond acceptors (Lipinski definition) is 3. The smallest absolute Gasteiger partial charge is 0.116 e. The Morgan fingerprint density at radius 1 is 1.41 bits per heavy atom. The van der Waals surface area contributed by atoms with Crippen molar-refractivity contribution in [2.75, 3.05) is 6.54 Å². The minimum absolute atomic E-state index is 0.136. The average molecular weight is 245 g/mol. The average Bonchev–Trinajstić information content (AvgIpc) is 2.30. The molecule has 0 aliphatic carbocycles. The van der Waals surface area contributed by atoms with E-state index >= 15 is 0 Å². The molecule has 1 rings (SSSR count). The van der Waals surface area contributed by atoms with Crippen LogP contribution in [-0.2, 0) is 6.42 Å². The predicted octanol–water partition coefficient (Wildman–Crippen LogP) is 1.90. The zero-order valence-corrected chi connectivity index (χ0v) is 10.6. The molecule has 3 N–H and O–H groups in total. The predicted molar refractivity (Wildman–Crippen MR) is 73.2 cm³/mol. The molecule has 1 aromatic carbocycles. The fourth-order valence-corrected chi connectivity index (χ4v) is 1.65. The summed E-state index contributed by atoms with van der Waals surface area (Å²) in [6.07, 6.45) is 0.897. The van der Waals surface area contributed by atoms with Crippen LogP contribution in [0.1, 0.15) is 12.5 Å². The largest absolute Gasteiger partial charge is 0.389 e. The molecular weight excluding hydrogens is 230 g/mol. The summed E-state index contributed by atoms with van der Waals surface area (Å²) in [6.45, 7) is 2.56. The molecule has 88 valence electrons. The maximum Gasteiger partial charge on any atom is 0.116 e. The Hall–Kier alpha value is -1.86. The van der Waals surface area contributed by atoms with Gasteiger partial charge < -0.3 is 11.1 Å². The number of benzene rings is 1.